The van der Waals surface area contributed by atoms with Crippen LogP contribution in [-0.4, -0.2) is 11.0 Å². The molecule has 0 fully saturated rings. The molecular formula is C16H17N3O. The molecule has 0 saturated carbocycles. The molecule has 0 spiro atoms. The van der Waals surface area contributed by atoms with E-state index in [0.717, 1.165) is 22.3 Å². The van der Waals surface area contributed by atoms with E-state index in [4.69, 9.17) is 16.2 Å². The lowest BCUT2D eigenvalue weighted by atomic mass is 10.1. The molecule has 2 rings (SSSR count). The summed E-state index contributed by atoms with van der Waals surface area (Å²) in [7, 11) is 0. The van der Waals surface area contributed by atoms with Gasteiger partial charge in [0.1, 0.15) is 0 Å². The van der Waals surface area contributed by atoms with Crippen LogP contribution in [0.4, 0.5) is 0 Å². The van der Waals surface area contributed by atoms with Crippen LogP contribution in [0.2, 0.25) is 0 Å². The number of benzene rings is 2. The second-order valence-corrected chi connectivity index (χ2v) is 4.23. The highest BCUT2D eigenvalue weighted by atomic mass is 16.4. The molecule has 0 bridgehead atoms. The summed E-state index contributed by atoms with van der Waals surface area (Å²) in [5, 5.41) is 19.8. The third kappa shape index (κ3) is 4.14. The Morgan fingerprint density at radius 2 is 1.60 bits per heavy atom. The van der Waals surface area contributed by atoms with Gasteiger partial charge in [-0.25, -0.2) is 0 Å². The summed E-state index contributed by atoms with van der Waals surface area (Å²) in [6.45, 7) is 3.84. The van der Waals surface area contributed by atoms with Gasteiger partial charge in [-0.15, -0.1) is 0 Å². The fraction of sp³-hybridized carbons (Fsp3) is 0.125. The third-order valence-corrected chi connectivity index (χ3v) is 2.79. The van der Waals surface area contributed by atoms with Crippen molar-refractivity contribution >= 4 is 5.84 Å². The molecule has 0 aliphatic carbocycles. The average molecular weight is 267 g/mol. The Balaban J connectivity index is 0.000000204. The fourth-order valence-corrected chi connectivity index (χ4v) is 1.61. The van der Waals surface area contributed by atoms with Crippen molar-refractivity contribution in [3.63, 3.8) is 0 Å². The van der Waals surface area contributed by atoms with E-state index in [1.807, 2.05) is 62.4 Å². The Morgan fingerprint density at radius 1 is 1.05 bits per heavy atom. The number of nitriles is 1. The van der Waals surface area contributed by atoms with Gasteiger partial charge >= 0.3 is 0 Å². The van der Waals surface area contributed by atoms with Gasteiger partial charge in [-0.3, -0.25) is 0 Å². The zero-order valence-electron chi connectivity index (χ0n) is 11.5. The van der Waals surface area contributed by atoms with Crippen LogP contribution in [-0.2, 0) is 0 Å². The Kier molecular flexibility index (Phi) is 5.79. The van der Waals surface area contributed by atoms with Crippen molar-refractivity contribution in [2.45, 2.75) is 13.8 Å². The first-order valence-corrected chi connectivity index (χ1v) is 6.09. The van der Waals surface area contributed by atoms with Gasteiger partial charge in [0.15, 0.2) is 5.84 Å². The lowest BCUT2D eigenvalue weighted by Gasteiger charge is -2.00. The molecule has 0 saturated heterocycles. The molecule has 0 atom stereocenters. The standard InChI is InChI=1S/C8H10N2O.C8H7N/c1-6-4-2-3-5-7(6)8(9)10-11;1-7-4-2-3-5-8(7)6-9/h2-5,11H,1H3,(H2,9,10);2-5H,1H3. The number of oxime groups is 1. The SMILES string of the molecule is Cc1ccccc1C#N.Cc1ccccc1C(N)=NO. The Hall–Kier alpha value is -2.80. The molecule has 20 heavy (non-hydrogen) atoms. The van der Waals surface area contributed by atoms with E-state index < -0.39 is 0 Å². The predicted molar refractivity (Wildman–Crippen MR) is 79.6 cm³/mol. The number of rotatable bonds is 1. The molecule has 102 valence electrons. The minimum absolute atomic E-state index is 0.156. The molecular weight excluding hydrogens is 250 g/mol. The molecule has 3 N–H and O–H groups in total. The van der Waals surface area contributed by atoms with Crippen molar-refractivity contribution in [1.82, 2.24) is 0 Å². The van der Waals surface area contributed by atoms with Crippen LogP contribution in [0.5, 0.6) is 0 Å². The minimum atomic E-state index is 0.156. The zero-order chi connectivity index (χ0) is 15.0. The smallest absolute Gasteiger partial charge is 0.170 e. The Bertz CT molecular complexity index is 642. The van der Waals surface area contributed by atoms with Crippen molar-refractivity contribution in [2.24, 2.45) is 10.9 Å². The summed E-state index contributed by atoms with van der Waals surface area (Å²) in [5.74, 6) is 0.156. The van der Waals surface area contributed by atoms with Crippen LogP contribution < -0.4 is 5.73 Å². The highest BCUT2D eigenvalue weighted by Gasteiger charge is 2.00. The van der Waals surface area contributed by atoms with Crippen molar-refractivity contribution in [2.75, 3.05) is 0 Å². The van der Waals surface area contributed by atoms with Gasteiger partial charge in [-0.05, 0) is 31.0 Å². The first kappa shape index (κ1) is 15.3. The van der Waals surface area contributed by atoms with E-state index >= 15 is 0 Å². The lowest BCUT2D eigenvalue weighted by molar-refractivity contribution is 0.318. The highest BCUT2D eigenvalue weighted by molar-refractivity contribution is 5.98. The predicted octanol–water partition coefficient (Wildman–Crippen LogP) is 2.96. The van der Waals surface area contributed by atoms with Crippen molar-refractivity contribution in [1.29, 1.82) is 5.26 Å². The largest absolute Gasteiger partial charge is 0.409 e. The summed E-state index contributed by atoms with van der Waals surface area (Å²) in [5.41, 5.74) is 8.97. The van der Waals surface area contributed by atoms with Crippen LogP contribution in [0.3, 0.4) is 0 Å². The molecule has 0 aliphatic rings. The fourth-order valence-electron chi connectivity index (χ4n) is 1.61. The third-order valence-electron chi connectivity index (χ3n) is 2.79. The second-order valence-electron chi connectivity index (χ2n) is 4.23. The summed E-state index contributed by atoms with van der Waals surface area (Å²) >= 11 is 0. The molecule has 0 aliphatic heterocycles. The lowest BCUT2D eigenvalue weighted by Crippen LogP contribution is -2.14. The number of aryl methyl sites for hydroxylation is 2. The van der Waals surface area contributed by atoms with Gasteiger partial charge in [0.25, 0.3) is 0 Å². The number of nitrogens with zero attached hydrogens (tertiary/aromatic N) is 2. The molecule has 0 unspecified atom stereocenters. The van der Waals surface area contributed by atoms with Crippen molar-refractivity contribution in [3.8, 4) is 6.07 Å². The van der Waals surface area contributed by atoms with E-state index in [9.17, 15) is 0 Å². The van der Waals surface area contributed by atoms with Gasteiger partial charge in [0.2, 0.25) is 0 Å². The van der Waals surface area contributed by atoms with Crippen molar-refractivity contribution in [3.05, 3.63) is 70.8 Å². The molecule has 4 nitrogen and oxygen atoms in total. The summed E-state index contributed by atoms with van der Waals surface area (Å²) in [6, 6.07) is 17.1. The van der Waals surface area contributed by atoms with Crippen LogP contribution in [0.25, 0.3) is 0 Å². The number of hydrogen-bond acceptors (Lipinski definition) is 3. The molecule has 2 aromatic carbocycles. The van der Waals surface area contributed by atoms with E-state index in [1.54, 1.807) is 0 Å². The van der Waals surface area contributed by atoms with E-state index in [0.29, 0.717) is 0 Å². The second kappa shape index (κ2) is 7.59. The van der Waals surface area contributed by atoms with Gasteiger partial charge < -0.3 is 10.9 Å². The van der Waals surface area contributed by atoms with Crippen molar-refractivity contribution < 1.29 is 5.21 Å². The van der Waals surface area contributed by atoms with E-state index in [-0.39, 0.29) is 5.84 Å². The van der Waals surface area contributed by atoms with Gasteiger partial charge in [0.05, 0.1) is 11.6 Å². The highest BCUT2D eigenvalue weighted by Crippen LogP contribution is 2.05. The molecule has 4 heteroatoms. The maximum atomic E-state index is 8.47. The molecule has 2 aromatic rings. The maximum absolute atomic E-state index is 8.47. The topological polar surface area (TPSA) is 82.4 Å². The summed E-state index contributed by atoms with van der Waals surface area (Å²) < 4.78 is 0. The monoisotopic (exact) mass is 267 g/mol. The Labute approximate surface area is 118 Å². The minimum Gasteiger partial charge on any atom is -0.409 e. The summed E-state index contributed by atoms with van der Waals surface area (Å²) in [4.78, 5) is 0. The molecule has 0 aromatic heterocycles. The molecule has 0 heterocycles. The van der Waals surface area contributed by atoms with Gasteiger partial charge in [0, 0.05) is 5.56 Å². The Morgan fingerprint density at radius 3 is 2.05 bits per heavy atom. The first-order valence-electron chi connectivity index (χ1n) is 6.09. The van der Waals surface area contributed by atoms with Crippen LogP contribution in [0, 0.1) is 25.2 Å². The number of nitrogens with two attached hydrogens (primary N) is 1. The van der Waals surface area contributed by atoms with Gasteiger partial charge in [-0.1, -0.05) is 47.6 Å². The van der Waals surface area contributed by atoms with E-state index in [2.05, 4.69) is 11.2 Å². The number of amidine groups is 1. The van der Waals surface area contributed by atoms with Crippen LogP contribution in [0.15, 0.2) is 53.7 Å². The normalized spacial score (nSPS) is 10.2. The first-order chi connectivity index (χ1) is 9.60. The average Bonchev–Trinajstić information content (AvgIpc) is 2.48. The quantitative estimate of drug-likeness (QED) is 0.360. The molecule has 0 radical (unpaired) electrons. The number of hydrogen-bond donors (Lipinski definition) is 2. The van der Waals surface area contributed by atoms with Gasteiger partial charge in [-0.2, -0.15) is 5.26 Å². The summed E-state index contributed by atoms with van der Waals surface area (Å²) in [6.07, 6.45) is 0. The van der Waals surface area contributed by atoms with Crippen LogP contribution >= 0.6 is 0 Å². The molecule has 0 amide bonds. The zero-order valence-corrected chi connectivity index (χ0v) is 11.5. The van der Waals surface area contributed by atoms with E-state index in [1.165, 1.54) is 0 Å². The van der Waals surface area contributed by atoms with Crippen LogP contribution in [0.1, 0.15) is 22.3 Å². The maximum Gasteiger partial charge on any atom is 0.170 e.